The number of ether oxygens (including phenoxy) is 1. The van der Waals surface area contributed by atoms with E-state index in [0.717, 1.165) is 44.9 Å². The summed E-state index contributed by atoms with van der Waals surface area (Å²) in [6.45, 7) is 4.94. The van der Waals surface area contributed by atoms with Crippen molar-refractivity contribution in [2.45, 2.75) is 424 Å². The summed E-state index contributed by atoms with van der Waals surface area (Å²) in [6, 6.07) is -0.629. The number of nitrogens with one attached hydrogen (secondary N) is 1. The van der Waals surface area contributed by atoms with Crippen molar-refractivity contribution in [2.24, 2.45) is 0 Å². The van der Waals surface area contributed by atoms with Crippen LogP contribution in [0.15, 0.2) is 24.3 Å². The molecule has 0 rings (SSSR count). The number of unbranched alkanes of at least 4 members (excludes halogenated alkanes) is 56. The van der Waals surface area contributed by atoms with Crippen LogP contribution in [0.1, 0.15) is 412 Å². The number of hydrogen-bond donors (Lipinski definition) is 3. The predicted octanol–water partition coefficient (Wildman–Crippen LogP) is 23.7. The highest BCUT2D eigenvalue weighted by atomic mass is 16.5. The molecule has 474 valence electrons. The molecule has 0 aliphatic rings. The summed E-state index contributed by atoms with van der Waals surface area (Å²) >= 11 is 0. The molecule has 6 heteroatoms. The summed E-state index contributed by atoms with van der Waals surface area (Å²) in [7, 11) is 0. The van der Waals surface area contributed by atoms with E-state index in [1.54, 1.807) is 6.08 Å². The van der Waals surface area contributed by atoms with Crippen molar-refractivity contribution in [1.29, 1.82) is 0 Å². The zero-order chi connectivity index (χ0) is 57.8. The van der Waals surface area contributed by atoms with E-state index in [1.807, 2.05) is 6.08 Å². The molecule has 2 unspecified atom stereocenters. The number of hydrogen-bond acceptors (Lipinski definition) is 5. The molecule has 0 aromatic heterocycles. The number of esters is 1. The molecule has 3 N–H and O–H groups in total. The van der Waals surface area contributed by atoms with Crippen LogP contribution in [0.25, 0.3) is 0 Å². The number of allylic oxidation sites excluding steroid dienone is 3. The second-order valence-electron chi connectivity index (χ2n) is 25.3. The van der Waals surface area contributed by atoms with Crippen molar-refractivity contribution in [3.63, 3.8) is 0 Å². The highest BCUT2D eigenvalue weighted by Gasteiger charge is 2.18. The Kier molecular flexibility index (Phi) is 68.4. The number of aliphatic hydroxyl groups excluding tert-OH is 2. The SMILES string of the molecule is CCCCCCCCC/C=C\CCCCCCCCCC(=O)OCCCCCCCCCCCCCCCCCCCCCCCCC(=O)NC(CO)C(O)/C=C/CCCCCCCCCCCCCCCCCCCCCCC. The van der Waals surface area contributed by atoms with Crippen LogP contribution in [-0.4, -0.2) is 47.4 Å². The lowest BCUT2D eigenvalue weighted by Gasteiger charge is -2.20. The Morgan fingerprint density at radius 3 is 0.887 bits per heavy atom. The maximum Gasteiger partial charge on any atom is 0.305 e. The molecule has 2 atom stereocenters. The second-order valence-corrected chi connectivity index (χ2v) is 25.3. The van der Waals surface area contributed by atoms with Gasteiger partial charge >= 0.3 is 5.97 Å². The van der Waals surface area contributed by atoms with Gasteiger partial charge < -0.3 is 20.3 Å². The zero-order valence-corrected chi connectivity index (χ0v) is 54.3. The van der Waals surface area contributed by atoms with Crippen molar-refractivity contribution in [3.8, 4) is 0 Å². The van der Waals surface area contributed by atoms with Crippen LogP contribution in [0, 0.1) is 0 Å². The Morgan fingerprint density at radius 1 is 0.338 bits per heavy atom. The summed E-state index contributed by atoms with van der Waals surface area (Å²) in [5.74, 6) is -0.0527. The van der Waals surface area contributed by atoms with Crippen molar-refractivity contribution in [2.75, 3.05) is 13.2 Å². The van der Waals surface area contributed by atoms with Gasteiger partial charge in [0.05, 0.1) is 25.4 Å². The molecule has 0 bridgehead atoms. The molecule has 1 amide bonds. The number of carbonyl (C=O) groups excluding carboxylic acids is 2. The molecule has 0 aromatic carbocycles. The Morgan fingerprint density at radius 2 is 0.588 bits per heavy atom. The molecule has 0 aromatic rings. The lowest BCUT2D eigenvalue weighted by molar-refractivity contribution is -0.143. The minimum Gasteiger partial charge on any atom is -0.466 e. The topological polar surface area (TPSA) is 95.9 Å². The van der Waals surface area contributed by atoms with Gasteiger partial charge in [-0.3, -0.25) is 9.59 Å². The third-order valence-corrected chi connectivity index (χ3v) is 17.2. The van der Waals surface area contributed by atoms with Crippen LogP contribution >= 0.6 is 0 Å². The lowest BCUT2D eigenvalue weighted by Crippen LogP contribution is -2.45. The van der Waals surface area contributed by atoms with Crippen molar-refractivity contribution < 1.29 is 24.5 Å². The Bertz CT molecular complexity index is 1250. The van der Waals surface area contributed by atoms with E-state index in [1.165, 1.54) is 340 Å². The fourth-order valence-corrected chi connectivity index (χ4v) is 11.6. The molecule has 0 aliphatic carbocycles. The van der Waals surface area contributed by atoms with Gasteiger partial charge in [0, 0.05) is 12.8 Å². The standard InChI is InChI=1S/C74H143NO5/c1-3-5-7-9-11-13-15-17-19-21-23-24-25-28-31-34-38-42-46-50-54-58-62-66-72(77)71(70-76)75-73(78)67-63-59-55-51-47-43-39-35-32-29-26-27-30-33-37-41-45-49-53-57-61-65-69-80-74(79)68-64-60-56-52-48-44-40-36-22-20-18-16-14-12-10-8-6-4-2/h20,22,62,66,71-72,76-77H,3-19,21,23-61,63-65,67-70H2,1-2H3,(H,75,78)/b22-20-,66-62+. The minimum absolute atomic E-state index is 0.0109. The third kappa shape index (κ3) is 65.5. The molecule has 80 heavy (non-hydrogen) atoms. The molecular formula is C74H143NO5. The molecule has 0 spiro atoms. The lowest BCUT2D eigenvalue weighted by atomic mass is 10.0. The van der Waals surface area contributed by atoms with Crippen LogP contribution in [0.5, 0.6) is 0 Å². The summed E-state index contributed by atoms with van der Waals surface area (Å²) < 4.78 is 5.51. The molecule has 0 radical (unpaired) electrons. The first-order valence-electron chi connectivity index (χ1n) is 36.6. The first-order chi connectivity index (χ1) is 39.5. The van der Waals surface area contributed by atoms with Crippen LogP contribution in [0.3, 0.4) is 0 Å². The fraction of sp³-hybridized carbons (Fsp3) is 0.919. The van der Waals surface area contributed by atoms with Gasteiger partial charge in [-0.2, -0.15) is 0 Å². The van der Waals surface area contributed by atoms with Crippen LogP contribution in [0.2, 0.25) is 0 Å². The van der Waals surface area contributed by atoms with Crippen LogP contribution in [-0.2, 0) is 14.3 Å². The van der Waals surface area contributed by atoms with E-state index in [9.17, 15) is 19.8 Å². The van der Waals surface area contributed by atoms with Gasteiger partial charge in [-0.05, 0) is 57.8 Å². The maximum atomic E-state index is 12.5. The summed E-state index contributed by atoms with van der Waals surface area (Å²) in [6.07, 6.45) is 88.3. The first-order valence-corrected chi connectivity index (χ1v) is 36.6. The molecule has 0 aliphatic heterocycles. The van der Waals surface area contributed by atoms with E-state index < -0.39 is 12.1 Å². The summed E-state index contributed by atoms with van der Waals surface area (Å²) in [5, 5.41) is 23.3. The number of carbonyl (C=O) groups is 2. The highest BCUT2D eigenvalue weighted by Crippen LogP contribution is 2.19. The molecular weight excluding hydrogens is 983 g/mol. The van der Waals surface area contributed by atoms with Crippen LogP contribution in [0.4, 0.5) is 0 Å². The van der Waals surface area contributed by atoms with Crippen LogP contribution < -0.4 is 5.32 Å². The molecule has 0 heterocycles. The molecule has 0 fully saturated rings. The fourth-order valence-electron chi connectivity index (χ4n) is 11.6. The smallest absolute Gasteiger partial charge is 0.305 e. The molecule has 0 saturated heterocycles. The molecule has 6 nitrogen and oxygen atoms in total. The maximum absolute atomic E-state index is 12.5. The quantitative estimate of drug-likeness (QED) is 0.0320. The van der Waals surface area contributed by atoms with E-state index in [0.29, 0.717) is 19.4 Å². The number of rotatable bonds is 69. The van der Waals surface area contributed by atoms with Crippen molar-refractivity contribution in [3.05, 3.63) is 24.3 Å². The van der Waals surface area contributed by atoms with E-state index in [2.05, 4.69) is 31.3 Å². The minimum atomic E-state index is -0.846. The summed E-state index contributed by atoms with van der Waals surface area (Å²) in [4.78, 5) is 24.6. The third-order valence-electron chi connectivity index (χ3n) is 17.2. The first kappa shape index (κ1) is 78.3. The van der Waals surface area contributed by atoms with Gasteiger partial charge in [0.25, 0.3) is 0 Å². The Balaban J connectivity index is 3.40. The largest absolute Gasteiger partial charge is 0.466 e. The van der Waals surface area contributed by atoms with Gasteiger partial charge in [-0.1, -0.05) is 366 Å². The average Bonchev–Trinajstić information content (AvgIpc) is 3.46. The van der Waals surface area contributed by atoms with Gasteiger partial charge in [0.15, 0.2) is 0 Å². The predicted molar refractivity (Wildman–Crippen MR) is 352 cm³/mol. The summed E-state index contributed by atoms with van der Waals surface area (Å²) in [5.41, 5.74) is 0. The van der Waals surface area contributed by atoms with Gasteiger partial charge in [-0.25, -0.2) is 0 Å². The zero-order valence-electron chi connectivity index (χ0n) is 54.3. The highest BCUT2D eigenvalue weighted by molar-refractivity contribution is 5.76. The van der Waals surface area contributed by atoms with E-state index >= 15 is 0 Å². The normalized spacial score (nSPS) is 12.6. The Hall–Kier alpha value is -1.66. The van der Waals surface area contributed by atoms with E-state index in [-0.39, 0.29) is 18.5 Å². The second kappa shape index (κ2) is 69.8. The average molecular weight is 1130 g/mol. The number of amides is 1. The van der Waals surface area contributed by atoms with E-state index in [4.69, 9.17) is 4.74 Å². The Labute approximate surface area is 501 Å². The van der Waals surface area contributed by atoms with Gasteiger partial charge in [0.2, 0.25) is 5.91 Å². The monoisotopic (exact) mass is 1130 g/mol. The van der Waals surface area contributed by atoms with Gasteiger partial charge in [0.1, 0.15) is 0 Å². The van der Waals surface area contributed by atoms with Gasteiger partial charge in [-0.15, -0.1) is 0 Å². The van der Waals surface area contributed by atoms with Crippen molar-refractivity contribution >= 4 is 11.9 Å². The molecule has 0 saturated carbocycles. The van der Waals surface area contributed by atoms with Crippen molar-refractivity contribution in [1.82, 2.24) is 5.32 Å². The number of aliphatic hydroxyl groups is 2.